The molecule has 2 rings (SSSR count). The van der Waals surface area contributed by atoms with E-state index in [0.29, 0.717) is 5.92 Å². The van der Waals surface area contributed by atoms with Crippen molar-refractivity contribution in [3.05, 3.63) is 30.1 Å². The molecule has 1 heterocycles. The summed E-state index contributed by atoms with van der Waals surface area (Å²) in [6.45, 7) is 0. The van der Waals surface area contributed by atoms with Crippen LogP contribution >= 0.6 is 0 Å². The number of rotatable bonds is 2. The molecule has 12 heavy (non-hydrogen) atoms. The molecule has 0 saturated heterocycles. The van der Waals surface area contributed by atoms with Crippen LogP contribution in [0.15, 0.2) is 24.5 Å². The highest BCUT2D eigenvalue weighted by atomic mass is 14.6. The minimum absolute atomic E-state index is 0.105. The molecule has 1 aliphatic rings. The van der Waals surface area contributed by atoms with Gasteiger partial charge in [-0.1, -0.05) is 0 Å². The van der Waals surface area contributed by atoms with Crippen molar-refractivity contribution < 1.29 is 0 Å². The Morgan fingerprint density at radius 2 is 2.08 bits per heavy atom. The summed E-state index contributed by atoms with van der Waals surface area (Å²) in [5, 5.41) is 8.92. The van der Waals surface area contributed by atoms with Crippen LogP contribution in [0.4, 0.5) is 0 Å². The topological polar surface area (TPSA) is 36.7 Å². The average Bonchev–Trinajstić information content (AvgIpc) is 2.92. The second-order valence-corrected chi connectivity index (χ2v) is 3.22. The summed E-state index contributed by atoms with van der Waals surface area (Å²) >= 11 is 0. The van der Waals surface area contributed by atoms with Gasteiger partial charge in [0, 0.05) is 12.4 Å². The van der Waals surface area contributed by atoms with Gasteiger partial charge in [0.05, 0.1) is 12.0 Å². The van der Waals surface area contributed by atoms with Gasteiger partial charge in [-0.25, -0.2) is 0 Å². The minimum Gasteiger partial charge on any atom is -0.265 e. The van der Waals surface area contributed by atoms with Crippen LogP contribution in [0.1, 0.15) is 24.3 Å². The van der Waals surface area contributed by atoms with Crippen molar-refractivity contribution in [2.45, 2.75) is 18.8 Å². The van der Waals surface area contributed by atoms with E-state index in [9.17, 15) is 0 Å². The number of hydrogen-bond acceptors (Lipinski definition) is 2. The Bertz CT molecular complexity index is 295. The molecule has 1 aliphatic carbocycles. The zero-order chi connectivity index (χ0) is 8.39. The molecule has 1 unspecified atom stereocenters. The second kappa shape index (κ2) is 2.94. The Kier molecular flexibility index (Phi) is 1.79. The fourth-order valence-electron chi connectivity index (χ4n) is 1.45. The average molecular weight is 158 g/mol. The fraction of sp³-hybridized carbons (Fsp3) is 0.400. The highest BCUT2D eigenvalue weighted by molar-refractivity contribution is 5.24. The maximum absolute atomic E-state index is 8.92. The Balaban J connectivity index is 2.23. The first kappa shape index (κ1) is 7.30. The number of hydrogen-bond donors (Lipinski definition) is 0. The minimum atomic E-state index is 0.105. The van der Waals surface area contributed by atoms with E-state index in [0.717, 1.165) is 5.56 Å². The van der Waals surface area contributed by atoms with Gasteiger partial charge in [-0.2, -0.15) is 5.26 Å². The van der Waals surface area contributed by atoms with Crippen molar-refractivity contribution in [3.8, 4) is 6.07 Å². The van der Waals surface area contributed by atoms with Crippen molar-refractivity contribution in [3.63, 3.8) is 0 Å². The normalized spacial score (nSPS) is 18.2. The molecule has 0 aliphatic heterocycles. The Morgan fingerprint density at radius 3 is 2.58 bits per heavy atom. The third-order valence-electron chi connectivity index (χ3n) is 2.30. The van der Waals surface area contributed by atoms with E-state index in [1.807, 2.05) is 12.1 Å². The molecule has 2 nitrogen and oxygen atoms in total. The second-order valence-electron chi connectivity index (χ2n) is 3.22. The number of nitrogens with zero attached hydrogens (tertiary/aromatic N) is 2. The van der Waals surface area contributed by atoms with Crippen LogP contribution in [-0.4, -0.2) is 4.98 Å². The van der Waals surface area contributed by atoms with Crippen LogP contribution in [-0.2, 0) is 0 Å². The standard InChI is InChI=1S/C10H10N2/c11-7-10(8-1-2-8)9-3-5-12-6-4-9/h3-6,8,10H,1-2H2. The number of pyridine rings is 1. The van der Waals surface area contributed by atoms with Crippen LogP contribution in [0.3, 0.4) is 0 Å². The Morgan fingerprint density at radius 1 is 1.42 bits per heavy atom. The molecule has 1 fully saturated rings. The molecular formula is C10H10N2. The summed E-state index contributed by atoms with van der Waals surface area (Å²) in [7, 11) is 0. The van der Waals surface area contributed by atoms with E-state index in [1.54, 1.807) is 12.4 Å². The fourth-order valence-corrected chi connectivity index (χ4v) is 1.45. The van der Waals surface area contributed by atoms with Crippen LogP contribution < -0.4 is 0 Å². The predicted molar refractivity (Wildman–Crippen MR) is 45.3 cm³/mol. The molecule has 0 N–H and O–H groups in total. The van der Waals surface area contributed by atoms with E-state index >= 15 is 0 Å². The van der Waals surface area contributed by atoms with Crippen LogP contribution in [0.5, 0.6) is 0 Å². The maximum atomic E-state index is 8.92. The first-order valence-corrected chi connectivity index (χ1v) is 4.21. The largest absolute Gasteiger partial charge is 0.265 e. The summed E-state index contributed by atoms with van der Waals surface area (Å²) in [6.07, 6.45) is 5.92. The predicted octanol–water partition coefficient (Wildman–Crippen LogP) is 2.10. The Labute approximate surface area is 71.9 Å². The van der Waals surface area contributed by atoms with Crippen LogP contribution in [0, 0.1) is 17.2 Å². The first-order chi connectivity index (χ1) is 5.92. The SMILES string of the molecule is N#CC(c1ccncc1)C1CC1. The van der Waals surface area contributed by atoms with Crippen molar-refractivity contribution in [2.24, 2.45) is 5.92 Å². The lowest BCUT2D eigenvalue weighted by atomic mass is 9.97. The van der Waals surface area contributed by atoms with Gasteiger partial charge in [-0.05, 0) is 36.5 Å². The van der Waals surface area contributed by atoms with Gasteiger partial charge in [0.25, 0.3) is 0 Å². The molecule has 1 atom stereocenters. The zero-order valence-electron chi connectivity index (χ0n) is 6.77. The van der Waals surface area contributed by atoms with Gasteiger partial charge in [0.15, 0.2) is 0 Å². The quantitative estimate of drug-likeness (QED) is 0.660. The summed E-state index contributed by atoms with van der Waals surface area (Å²) in [5.74, 6) is 0.713. The first-order valence-electron chi connectivity index (χ1n) is 4.21. The van der Waals surface area contributed by atoms with E-state index in [4.69, 9.17) is 5.26 Å². The summed E-state index contributed by atoms with van der Waals surface area (Å²) < 4.78 is 0. The number of nitriles is 1. The molecule has 60 valence electrons. The smallest absolute Gasteiger partial charge is 0.0742 e. The molecule has 0 spiro atoms. The van der Waals surface area contributed by atoms with E-state index in [-0.39, 0.29) is 5.92 Å². The summed E-state index contributed by atoms with van der Waals surface area (Å²) in [4.78, 5) is 3.93. The van der Waals surface area contributed by atoms with E-state index in [1.165, 1.54) is 12.8 Å². The lowest BCUT2D eigenvalue weighted by Gasteiger charge is -2.05. The van der Waals surface area contributed by atoms with Crippen molar-refractivity contribution in [1.82, 2.24) is 4.98 Å². The molecule has 0 bridgehead atoms. The summed E-state index contributed by atoms with van der Waals surface area (Å²) in [5.41, 5.74) is 1.12. The van der Waals surface area contributed by atoms with Gasteiger partial charge in [0.2, 0.25) is 0 Å². The lowest BCUT2D eigenvalue weighted by Crippen LogP contribution is -1.97. The van der Waals surface area contributed by atoms with Crippen molar-refractivity contribution in [1.29, 1.82) is 5.26 Å². The molecule has 1 saturated carbocycles. The summed E-state index contributed by atoms with van der Waals surface area (Å²) in [6, 6.07) is 6.23. The van der Waals surface area contributed by atoms with Crippen LogP contribution in [0.2, 0.25) is 0 Å². The third kappa shape index (κ3) is 1.31. The highest BCUT2D eigenvalue weighted by Crippen LogP contribution is 2.41. The van der Waals surface area contributed by atoms with E-state index in [2.05, 4.69) is 11.1 Å². The molecule has 2 heteroatoms. The van der Waals surface area contributed by atoms with Gasteiger partial charge in [-0.3, -0.25) is 4.98 Å². The van der Waals surface area contributed by atoms with Crippen LogP contribution in [0.25, 0.3) is 0 Å². The number of aromatic nitrogens is 1. The molecule has 1 aromatic rings. The van der Waals surface area contributed by atoms with Gasteiger partial charge >= 0.3 is 0 Å². The third-order valence-corrected chi connectivity index (χ3v) is 2.30. The lowest BCUT2D eigenvalue weighted by molar-refractivity contribution is 0.738. The monoisotopic (exact) mass is 158 g/mol. The molecule has 0 aromatic carbocycles. The van der Waals surface area contributed by atoms with Crippen molar-refractivity contribution in [2.75, 3.05) is 0 Å². The van der Waals surface area contributed by atoms with Gasteiger partial charge in [0.1, 0.15) is 0 Å². The molecule has 1 aromatic heterocycles. The van der Waals surface area contributed by atoms with Gasteiger partial charge in [-0.15, -0.1) is 0 Å². The van der Waals surface area contributed by atoms with Crippen molar-refractivity contribution >= 4 is 0 Å². The molecule has 0 amide bonds. The Hall–Kier alpha value is -1.36. The molecular weight excluding hydrogens is 148 g/mol. The van der Waals surface area contributed by atoms with E-state index < -0.39 is 0 Å². The molecule has 0 radical (unpaired) electrons. The van der Waals surface area contributed by atoms with Gasteiger partial charge < -0.3 is 0 Å². The highest BCUT2D eigenvalue weighted by Gasteiger charge is 2.32. The zero-order valence-corrected chi connectivity index (χ0v) is 6.77. The maximum Gasteiger partial charge on any atom is 0.0742 e.